The topological polar surface area (TPSA) is 88.8 Å². The molecule has 0 saturated heterocycles. The van der Waals surface area contributed by atoms with E-state index in [2.05, 4.69) is 15.4 Å². The van der Waals surface area contributed by atoms with Gasteiger partial charge in [-0.1, -0.05) is 48.5 Å². The van der Waals surface area contributed by atoms with Crippen molar-refractivity contribution in [1.29, 1.82) is 0 Å². The molecule has 0 bridgehead atoms. The van der Waals surface area contributed by atoms with Crippen molar-refractivity contribution in [2.75, 3.05) is 0 Å². The average molecular weight is 436 g/mol. The highest BCUT2D eigenvalue weighted by molar-refractivity contribution is 6.00. The molecule has 0 aliphatic heterocycles. The van der Waals surface area contributed by atoms with Gasteiger partial charge < -0.3 is 15.2 Å². The molecule has 3 aromatic carbocycles. The molecule has 33 heavy (non-hydrogen) atoms. The number of phenols is 1. The highest BCUT2D eigenvalue weighted by Crippen LogP contribution is 2.34. The monoisotopic (exact) mass is 436 g/mol. The maximum absolute atomic E-state index is 13.2. The Kier molecular flexibility index (Phi) is 5.43. The zero-order chi connectivity index (χ0) is 22.6. The summed E-state index contributed by atoms with van der Waals surface area (Å²) in [5.41, 5.74) is 2.17. The van der Waals surface area contributed by atoms with Crippen LogP contribution in [0.25, 0.3) is 5.65 Å². The molecule has 7 heteroatoms. The van der Waals surface area contributed by atoms with Crippen molar-refractivity contribution in [2.24, 2.45) is 0 Å². The van der Waals surface area contributed by atoms with Gasteiger partial charge in [0.1, 0.15) is 22.8 Å². The van der Waals surface area contributed by atoms with Crippen LogP contribution in [0.2, 0.25) is 0 Å². The Morgan fingerprint density at radius 1 is 0.939 bits per heavy atom. The lowest BCUT2D eigenvalue weighted by molar-refractivity contribution is 0.0944. The van der Waals surface area contributed by atoms with E-state index in [4.69, 9.17) is 4.74 Å². The van der Waals surface area contributed by atoms with Gasteiger partial charge in [-0.25, -0.2) is 9.50 Å². The van der Waals surface area contributed by atoms with Gasteiger partial charge in [-0.2, -0.15) is 5.10 Å². The van der Waals surface area contributed by atoms with Gasteiger partial charge in [0, 0.05) is 24.0 Å². The standard InChI is InChI=1S/C26H20N4O3/c31-23-16-20(33-19-10-5-2-6-11-19)12-13-21(23)24(18-8-3-1-4-9-18)29-26(32)22-17-28-30-15-7-14-27-25(22)30/h1-17,24,31H,(H,29,32). The molecular formula is C26H20N4O3. The van der Waals surface area contributed by atoms with E-state index >= 15 is 0 Å². The van der Waals surface area contributed by atoms with Gasteiger partial charge in [-0.3, -0.25) is 4.79 Å². The number of aromatic nitrogens is 3. The van der Waals surface area contributed by atoms with Gasteiger partial charge in [0.2, 0.25) is 0 Å². The quantitative estimate of drug-likeness (QED) is 0.401. The maximum atomic E-state index is 13.2. The molecule has 1 unspecified atom stereocenters. The van der Waals surface area contributed by atoms with Crippen molar-refractivity contribution in [2.45, 2.75) is 6.04 Å². The maximum Gasteiger partial charge on any atom is 0.257 e. The van der Waals surface area contributed by atoms with Crippen molar-refractivity contribution in [3.8, 4) is 17.2 Å². The third kappa shape index (κ3) is 4.24. The number of ether oxygens (including phenoxy) is 1. The minimum Gasteiger partial charge on any atom is -0.507 e. The van der Waals surface area contributed by atoms with Crippen LogP contribution in [0.15, 0.2) is 104 Å². The molecule has 7 nitrogen and oxygen atoms in total. The molecule has 162 valence electrons. The number of amides is 1. The van der Waals surface area contributed by atoms with Gasteiger partial charge in [0.25, 0.3) is 5.91 Å². The smallest absolute Gasteiger partial charge is 0.257 e. The molecular weight excluding hydrogens is 416 g/mol. The lowest BCUT2D eigenvalue weighted by Gasteiger charge is -2.21. The molecule has 1 amide bonds. The van der Waals surface area contributed by atoms with Crippen LogP contribution in [0.4, 0.5) is 0 Å². The fourth-order valence-electron chi connectivity index (χ4n) is 3.64. The number of para-hydroxylation sites is 1. The molecule has 5 aromatic rings. The second-order valence-corrected chi connectivity index (χ2v) is 7.40. The number of nitrogens with one attached hydrogen (secondary N) is 1. The first-order valence-corrected chi connectivity index (χ1v) is 10.4. The minimum absolute atomic E-state index is 0.00979. The Morgan fingerprint density at radius 3 is 2.45 bits per heavy atom. The lowest BCUT2D eigenvalue weighted by Crippen LogP contribution is -2.29. The van der Waals surface area contributed by atoms with Crippen molar-refractivity contribution in [3.05, 3.63) is 120 Å². The molecule has 1 atom stereocenters. The van der Waals surface area contributed by atoms with E-state index in [9.17, 15) is 9.90 Å². The van der Waals surface area contributed by atoms with Crippen LogP contribution in [-0.2, 0) is 0 Å². The molecule has 0 aliphatic rings. The van der Waals surface area contributed by atoms with E-state index in [-0.39, 0.29) is 11.7 Å². The summed E-state index contributed by atoms with van der Waals surface area (Å²) in [6, 6.07) is 25.0. The first-order chi connectivity index (χ1) is 16.2. The first-order valence-electron chi connectivity index (χ1n) is 10.4. The van der Waals surface area contributed by atoms with E-state index in [1.165, 1.54) is 6.20 Å². The SMILES string of the molecule is O=C(NC(c1ccccc1)c1ccc(Oc2ccccc2)cc1O)c1cnn2cccnc12. The molecule has 5 rings (SSSR count). The molecule has 2 aromatic heterocycles. The van der Waals surface area contributed by atoms with Crippen LogP contribution in [0.5, 0.6) is 17.2 Å². The zero-order valence-corrected chi connectivity index (χ0v) is 17.5. The van der Waals surface area contributed by atoms with Gasteiger partial charge >= 0.3 is 0 Å². The van der Waals surface area contributed by atoms with Gasteiger partial charge in [-0.05, 0) is 35.9 Å². The van der Waals surface area contributed by atoms with Crippen LogP contribution < -0.4 is 10.1 Å². The fourth-order valence-corrected chi connectivity index (χ4v) is 3.64. The summed E-state index contributed by atoms with van der Waals surface area (Å²) in [5, 5.41) is 18.1. The summed E-state index contributed by atoms with van der Waals surface area (Å²) >= 11 is 0. The third-order valence-corrected chi connectivity index (χ3v) is 5.22. The molecule has 2 heterocycles. The lowest BCUT2D eigenvalue weighted by atomic mass is 9.97. The van der Waals surface area contributed by atoms with Gasteiger partial charge in [0.05, 0.1) is 12.2 Å². The molecule has 0 spiro atoms. The van der Waals surface area contributed by atoms with Crippen molar-refractivity contribution < 1.29 is 14.6 Å². The van der Waals surface area contributed by atoms with Crippen molar-refractivity contribution in [3.63, 3.8) is 0 Å². The number of hydrogen-bond acceptors (Lipinski definition) is 5. The molecule has 0 aliphatic carbocycles. The number of hydrogen-bond donors (Lipinski definition) is 2. The zero-order valence-electron chi connectivity index (χ0n) is 17.5. The Morgan fingerprint density at radius 2 is 1.70 bits per heavy atom. The summed E-state index contributed by atoms with van der Waals surface area (Å²) < 4.78 is 7.36. The number of phenolic OH excluding ortho intramolecular Hbond substituents is 1. The van der Waals surface area contributed by atoms with E-state index < -0.39 is 6.04 Å². The first kappa shape index (κ1) is 20.3. The number of rotatable bonds is 6. The highest BCUT2D eigenvalue weighted by Gasteiger charge is 2.23. The summed E-state index contributed by atoms with van der Waals surface area (Å²) in [6.45, 7) is 0. The number of benzene rings is 3. The predicted octanol–water partition coefficient (Wildman–Crippen LogP) is 4.75. The fraction of sp³-hybridized carbons (Fsp3) is 0.0385. The normalized spacial score (nSPS) is 11.8. The van der Waals surface area contributed by atoms with Crippen molar-refractivity contribution >= 4 is 11.6 Å². The van der Waals surface area contributed by atoms with Crippen LogP contribution >= 0.6 is 0 Å². The Labute approximate surface area is 189 Å². The number of nitrogens with zero attached hydrogens (tertiary/aromatic N) is 3. The van der Waals surface area contributed by atoms with Gasteiger partial charge in [-0.15, -0.1) is 0 Å². The van der Waals surface area contributed by atoms with E-state index in [0.717, 1.165) is 5.56 Å². The number of carbonyl (C=O) groups is 1. The largest absolute Gasteiger partial charge is 0.507 e. The van der Waals surface area contributed by atoms with E-state index in [0.29, 0.717) is 28.3 Å². The summed E-state index contributed by atoms with van der Waals surface area (Å²) in [6.07, 6.45) is 4.82. The van der Waals surface area contributed by atoms with Crippen molar-refractivity contribution in [1.82, 2.24) is 19.9 Å². The number of fused-ring (bicyclic) bond motifs is 1. The Hall–Kier alpha value is -4.65. The average Bonchev–Trinajstić information content (AvgIpc) is 3.29. The van der Waals surface area contributed by atoms with Gasteiger partial charge in [0.15, 0.2) is 5.65 Å². The molecule has 0 saturated carbocycles. The van der Waals surface area contributed by atoms with E-state index in [1.807, 2.05) is 60.7 Å². The minimum atomic E-state index is -0.594. The Balaban J connectivity index is 1.47. The number of carbonyl (C=O) groups excluding carboxylic acids is 1. The second-order valence-electron chi connectivity index (χ2n) is 7.40. The summed E-state index contributed by atoms with van der Waals surface area (Å²) in [5.74, 6) is 0.822. The van der Waals surface area contributed by atoms with Crippen LogP contribution in [-0.4, -0.2) is 25.6 Å². The molecule has 0 fully saturated rings. The van der Waals surface area contributed by atoms with Crippen LogP contribution in [0, 0.1) is 0 Å². The molecule has 0 radical (unpaired) electrons. The van der Waals surface area contributed by atoms with E-state index in [1.54, 1.807) is 41.2 Å². The Bertz CT molecular complexity index is 1400. The second kappa shape index (κ2) is 8.84. The third-order valence-electron chi connectivity index (χ3n) is 5.22. The number of aromatic hydroxyl groups is 1. The highest BCUT2D eigenvalue weighted by atomic mass is 16.5. The summed E-state index contributed by atoms with van der Waals surface area (Å²) in [7, 11) is 0. The van der Waals surface area contributed by atoms with Crippen LogP contribution in [0.1, 0.15) is 27.5 Å². The van der Waals surface area contributed by atoms with Crippen LogP contribution in [0.3, 0.4) is 0 Å². The molecule has 2 N–H and O–H groups in total. The summed E-state index contributed by atoms with van der Waals surface area (Å²) in [4.78, 5) is 17.4. The predicted molar refractivity (Wildman–Crippen MR) is 123 cm³/mol.